The highest BCUT2D eigenvalue weighted by atomic mass is 79.9. The van der Waals surface area contributed by atoms with E-state index in [-0.39, 0.29) is 0 Å². The Balaban J connectivity index is 2.00. The Morgan fingerprint density at radius 1 is 1.29 bits per heavy atom. The van der Waals surface area contributed by atoms with Crippen molar-refractivity contribution in [1.29, 1.82) is 0 Å². The maximum Gasteiger partial charge on any atom is 0.161 e. The topological polar surface area (TPSA) is 33.7 Å². The van der Waals surface area contributed by atoms with E-state index in [9.17, 15) is 0 Å². The van der Waals surface area contributed by atoms with E-state index in [1.165, 1.54) is 24.9 Å². The molecule has 0 radical (unpaired) electrons. The number of halogens is 1. The molecule has 1 fully saturated rings. The maximum absolute atomic E-state index is 5.39. The lowest BCUT2D eigenvalue weighted by atomic mass is 9.99. The Labute approximate surface area is 135 Å². The average molecular weight is 357 g/mol. The standard InChI is InChI=1S/C16H25BrN2O2/c1-19(10-12-5-4-6-18-9-12)11-13-7-15(20-2)16(21-3)8-14(13)17/h7-8,12,18H,4-6,9-11H2,1-3H3. The summed E-state index contributed by atoms with van der Waals surface area (Å²) in [5, 5.41) is 3.48. The summed E-state index contributed by atoms with van der Waals surface area (Å²) in [5.41, 5.74) is 1.22. The average Bonchev–Trinajstić information content (AvgIpc) is 2.49. The number of methoxy groups -OCH3 is 2. The van der Waals surface area contributed by atoms with E-state index in [1.807, 2.05) is 6.07 Å². The largest absolute Gasteiger partial charge is 0.493 e. The molecule has 0 aliphatic carbocycles. The van der Waals surface area contributed by atoms with E-state index < -0.39 is 0 Å². The predicted octanol–water partition coefficient (Wildman–Crippen LogP) is 2.90. The van der Waals surface area contributed by atoms with Crippen molar-refractivity contribution in [3.63, 3.8) is 0 Å². The van der Waals surface area contributed by atoms with Gasteiger partial charge in [-0.1, -0.05) is 15.9 Å². The summed E-state index contributed by atoms with van der Waals surface area (Å²) in [6.45, 7) is 4.32. The van der Waals surface area contributed by atoms with Gasteiger partial charge in [0.15, 0.2) is 11.5 Å². The van der Waals surface area contributed by atoms with Crippen molar-refractivity contribution in [2.45, 2.75) is 19.4 Å². The molecule has 1 atom stereocenters. The highest BCUT2D eigenvalue weighted by Gasteiger charge is 2.16. The molecular weight excluding hydrogens is 332 g/mol. The molecule has 1 aliphatic rings. The fourth-order valence-electron chi connectivity index (χ4n) is 2.89. The second-order valence-corrected chi connectivity index (χ2v) is 6.56. The Kier molecular flexibility index (Phi) is 6.33. The normalized spacial score (nSPS) is 18.8. The number of hydrogen-bond donors (Lipinski definition) is 1. The van der Waals surface area contributed by atoms with Gasteiger partial charge in [0.1, 0.15) is 0 Å². The first kappa shape index (κ1) is 16.6. The van der Waals surface area contributed by atoms with E-state index in [4.69, 9.17) is 9.47 Å². The van der Waals surface area contributed by atoms with Crippen LogP contribution in [0, 0.1) is 5.92 Å². The number of rotatable bonds is 6. The first-order chi connectivity index (χ1) is 10.1. The van der Waals surface area contributed by atoms with E-state index in [1.54, 1.807) is 14.2 Å². The Hall–Kier alpha value is -0.780. The highest BCUT2D eigenvalue weighted by Crippen LogP contribution is 2.33. The van der Waals surface area contributed by atoms with Crippen LogP contribution in [0.4, 0.5) is 0 Å². The molecule has 1 heterocycles. The minimum absolute atomic E-state index is 0.752. The second kappa shape index (κ2) is 8.01. The van der Waals surface area contributed by atoms with Gasteiger partial charge in [-0.25, -0.2) is 0 Å². The van der Waals surface area contributed by atoms with Crippen LogP contribution in [0.25, 0.3) is 0 Å². The van der Waals surface area contributed by atoms with Crippen LogP contribution in [-0.4, -0.2) is 45.8 Å². The second-order valence-electron chi connectivity index (χ2n) is 5.71. The summed E-state index contributed by atoms with van der Waals surface area (Å²) in [6.07, 6.45) is 2.61. The molecule has 0 spiro atoms. The van der Waals surface area contributed by atoms with Crippen molar-refractivity contribution in [2.24, 2.45) is 5.92 Å². The molecule has 5 heteroatoms. The molecule has 2 rings (SSSR count). The van der Waals surface area contributed by atoms with Gasteiger partial charge in [-0.15, -0.1) is 0 Å². The molecule has 1 unspecified atom stereocenters. The molecule has 0 bridgehead atoms. The van der Waals surface area contributed by atoms with Crippen LogP contribution >= 0.6 is 15.9 Å². The van der Waals surface area contributed by atoms with Crippen molar-refractivity contribution in [3.05, 3.63) is 22.2 Å². The van der Waals surface area contributed by atoms with Crippen LogP contribution in [0.15, 0.2) is 16.6 Å². The van der Waals surface area contributed by atoms with Crippen molar-refractivity contribution in [1.82, 2.24) is 10.2 Å². The molecule has 118 valence electrons. The Bertz CT molecular complexity index is 462. The molecule has 0 aromatic heterocycles. The molecule has 1 aromatic rings. The number of hydrogen-bond acceptors (Lipinski definition) is 4. The molecule has 0 amide bonds. The van der Waals surface area contributed by atoms with Crippen LogP contribution in [0.3, 0.4) is 0 Å². The monoisotopic (exact) mass is 356 g/mol. The van der Waals surface area contributed by atoms with Crippen LogP contribution in [0.2, 0.25) is 0 Å². The molecule has 21 heavy (non-hydrogen) atoms. The number of nitrogens with zero attached hydrogens (tertiary/aromatic N) is 1. The zero-order chi connectivity index (χ0) is 15.2. The summed E-state index contributed by atoms with van der Waals surface area (Å²) in [4.78, 5) is 2.38. The number of piperidine rings is 1. The fraction of sp³-hybridized carbons (Fsp3) is 0.625. The van der Waals surface area contributed by atoms with E-state index >= 15 is 0 Å². The van der Waals surface area contributed by atoms with Crippen molar-refractivity contribution in [2.75, 3.05) is 40.9 Å². The van der Waals surface area contributed by atoms with Gasteiger partial charge < -0.3 is 19.7 Å². The fourth-order valence-corrected chi connectivity index (χ4v) is 3.34. The number of benzene rings is 1. The zero-order valence-electron chi connectivity index (χ0n) is 13.1. The first-order valence-electron chi connectivity index (χ1n) is 7.43. The summed E-state index contributed by atoms with van der Waals surface area (Å²) in [5.74, 6) is 2.29. The number of ether oxygens (including phenoxy) is 2. The Morgan fingerprint density at radius 2 is 2.00 bits per heavy atom. The van der Waals surface area contributed by atoms with Crippen molar-refractivity contribution >= 4 is 15.9 Å². The third kappa shape index (κ3) is 4.59. The van der Waals surface area contributed by atoms with Crippen LogP contribution in [0.5, 0.6) is 11.5 Å². The summed E-state index contributed by atoms with van der Waals surface area (Å²) in [6, 6.07) is 4.03. The summed E-state index contributed by atoms with van der Waals surface area (Å²) >= 11 is 3.63. The van der Waals surface area contributed by atoms with E-state index in [0.29, 0.717) is 0 Å². The lowest BCUT2D eigenvalue weighted by Crippen LogP contribution is -2.36. The van der Waals surface area contributed by atoms with E-state index in [0.717, 1.165) is 41.5 Å². The quantitative estimate of drug-likeness (QED) is 0.849. The molecular formula is C16H25BrN2O2. The Morgan fingerprint density at radius 3 is 2.62 bits per heavy atom. The van der Waals surface area contributed by atoms with Gasteiger partial charge in [0.2, 0.25) is 0 Å². The molecule has 1 N–H and O–H groups in total. The minimum atomic E-state index is 0.752. The molecule has 1 aliphatic heterocycles. The smallest absolute Gasteiger partial charge is 0.161 e. The summed E-state index contributed by atoms with van der Waals surface area (Å²) < 4.78 is 11.8. The highest BCUT2D eigenvalue weighted by molar-refractivity contribution is 9.10. The van der Waals surface area contributed by atoms with Crippen molar-refractivity contribution in [3.8, 4) is 11.5 Å². The van der Waals surface area contributed by atoms with Crippen LogP contribution < -0.4 is 14.8 Å². The van der Waals surface area contributed by atoms with Crippen molar-refractivity contribution < 1.29 is 9.47 Å². The third-order valence-corrected chi connectivity index (χ3v) is 4.70. The van der Waals surface area contributed by atoms with Gasteiger partial charge in [0.05, 0.1) is 14.2 Å². The molecule has 4 nitrogen and oxygen atoms in total. The van der Waals surface area contributed by atoms with Crippen LogP contribution in [-0.2, 0) is 6.54 Å². The van der Waals surface area contributed by atoms with Gasteiger partial charge in [0, 0.05) is 17.6 Å². The molecule has 0 saturated carbocycles. The molecule has 1 saturated heterocycles. The summed E-state index contributed by atoms with van der Waals surface area (Å²) in [7, 11) is 5.51. The van der Waals surface area contributed by atoms with Gasteiger partial charge in [0.25, 0.3) is 0 Å². The van der Waals surface area contributed by atoms with E-state index in [2.05, 4.69) is 39.3 Å². The van der Waals surface area contributed by atoms with Gasteiger partial charge in [-0.3, -0.25) is 0 Å². The maximum atomic E-state index is 5.39. The van der Waals surface area contributed by atoms with Gasteiger partial charge >= 0.3 is 0 Å². The SMILES string of the molecule is COc1cc(Br)c(CN(C)CC2CCCNC2)cc1OC. The van der Waals surface area contributed by atoms with Gasteiger partial charge in [-0.05, 0) is 56.6 Å². The lowest BCUT2D eigenvalue weighted by molar-refractivity contribution is 0.237. The lowest BCUT2D eigenvalue weighted by Gasteiger charge is -2.28. The predicted molar refractivity (Wildman–Crippen MR) is 89.2 cm³/mol. The first-order valence-corrected chi connectivity index (χ1v) is 8.23. The van der Waals surface area contributed by atoms with Crippen LogP contribution in [0.1, 0.15) is 18.4 Å². The number of nitrogens with one attached hydrogen (secondary N) is 1. The molecule has 1 aromatic carbocycles. The third-order valence-electron chi connectivity index (χ3n) is 3.96. The van der Waals surface area contributed by atoms with Gasteiger partial charge in [-0.2, -0.15) is 0 Å². The zero-order valence-corrected chi connectivity index (χ0v) is 14.7. The minimum Gasteiger partial charge on any atom is -0.493 e.